The fourth-order valence-electron chi connectivity index (χ4n) is 2.24. The van der Waals surface area contributed by atoms with Gasteiger partial charge in [0.1, 0.15) is 11.2 Å². The van der Waals surface area contributed by atoms with E-state index in [1.807, 2.05) is 48.5 Å². The molecule has 4 aromatic rings. The fraction of sp³-hybridized carbons (Fsp3) is 0. The second-order valence-electron chi connectivity index (χ2n) is 4.54. The molecule has 0 saturated heterocycles. The van der Waals surface area contributed by atoms with Gasteiger partial charge in [0, 0.05) is 10.8 Å². The van der Waals surface area contributed by atoms with Crippen molar-refractivity contribution in [2.24, 2.45) is 0 Å². The van der Waals surface area contributed by atoms with Crippen LogP contribution < -0.4 is 11.0 Å². The molecule has 0 N–H and O–H groups in total. The van der Waals surface area contributed by atoms with Crippen LogP contribution in [0.25, 0.3) is 21.9 Å². The molecule has 1 radical (unpaired) electrons. The van der Waals surface area contributed by atoms with E-state index in [1.165, 1.54) is 0 Å². The van der Waals surface area contributed by atoms with E-state index < -0.39 is 7.80 Å². The van der Waals surface area contributed by atoms with E-state index in [4.69, 9.17) is 8.83 Å². The van der Waals surface area contributed by atoms with Gasteiger partial charge in [-0.1, -0.05) is 36.4 Å². The van der Waals surface area contributed by atoms with Gasteiger partial charge in [-0.25, -0.2) is 0 Å². The zero-order valence-electron chi connectivity index (χ0n) is 10.4. The minimum atomic E-state index is -1.85. The predicted molar refractivity (Wildman–Crippen MR) is 79.3 cm³/mol. The molecule has 0 aliphatic heterocycles. The molecule has 2 heterocycles. The van der Waals surface area contributed by atoms with Crippen LogP contribution in [0.4, 0.5) is 0 Å². The van der Waals surface area contributed by atoms with Crippen LogP contribution in [-0.2, 0) is 4.57 Å². The second kappa shape index (κ2) is 4.32. The molecular weight excluding hydrogens is 271 g/mol. The quantitative estimate of drug-likeness (QED) is 0.522. The third kappa shape index (κ3) is 1.75. The summed E-state index contributed by atoms with van der Waals surface area (Å²) < 4.78 is 23.8. The molecule has 2 aromatic carbocycles. The Morgan fingerprint density at radius 2 is 1.15 bits per heavy atom. The largest absolute Gasteiger partial charge is 0.449 e. The standard InChI is InChI=1S/C16H10O3P/c17-20(15-9-11-5-1-3-7-13(11)18-15)16-10-12-6-2-4-8-14(12)19-16/h1-10H. The van der Waals surface area contributed by atoms with E-state index in [-0.39, 0.29) is 0 Å². The zero-order chi connectivity index (χ0) is 13.5. The smallest absolute Gasteiger partial charge is 0.209 e. The van der Waals surface area contributed by atoms with Crippen molar-refractivity contribution in [3.8, 4) is 0 Å². The first kappa shape index (κ1) is 11.4. The Bertz CT molecular complexity index is 791. The van der Waals surface area contributed by atoms with Gasteiger partial charge in [0.2, 0.25) is 7.80 Å². The number of fused-ring (bicyclic) bond motifs is 2. The number of hydrogen-bond donors (Lipinski definition) is 0. The van der Waals surface area contributed by atoms with Crippen molar-refractivity contribution in [2.45, 2.75) is 0 Å². The summed E-state index contributed by atoms with van der Waals surface area (Å²) in [4.78, 5) is 0. The van der Waals surface area contributed by atoms with Gasteiger partial charge in [-0.05, 0) is 24.3 Å². The lowest BCUT2D eigenvalue weighted by Gasteiger charge is -1.91. The highest BCUT2D eigenvalue weighted by atomic mass is 31.1. The number of hydrogen-bond acceptors (Lipinski definition) is 3. The van der Waals surface area contributed by atoms with Crippen LogP contribution in [0.2, 0.25) is 0 Å². The van der Waals surface area contributed by atoms with Crippen molar-refractivity contribution >= 4 is 40.7 Å². The Morgan fingerprint density at radius 3 is 1.60 bits per heavy atom. The van der Waals surface area contributed by atoms with Crippen molar-refractivity contribution in [1.82, 2.24) is 0 Å². The van der Waals surface area contributed by atoms with Gasteiger partial charge < -0.3 is 8.83 Å². The Labute approximate surface area is 115 Å². The van der Waals surface area contributed by atoms with E-state index in [0.717, 1.165) is 21.9 Å². The second-order valence-corrected chi connectivity index (χ2v) is 6.01. The highest BCUT2D eigenvalue weighted by Gasteiger charge is 2.17. The Hall–Kier alpha value is -2.38. The summed E-state index contributed by atoms with van der Waals surface area (Å²) in [5, 5.41) is 1.89. The van der Waals surface area contributed by atoms with Gasteiger partial charge >= 0.3 is 0 Å². The lowest BCUT2D eigenvalue weighted by atomic mass is 10.3. The van der Waals surface area contributed by atoms with Gasteiger partial charge in [-0.3, -0.25) is 4.57 Å². The van der Waals surface area contributed by atoms with Crippen LogP contribution in [0.15, 0.2) is 69.5 Å². The molecule has 0 aliphatic carbocycles. The molecule has 4 rings (SSSR count). The average Bonchev–Trinajstić information content (AvgIpc) is 3.10. The third-order valence-electron chi connectivity index (χ3n) is 3.23. The van der Waals surface area contributed by atoms with E-state index >= 15 is 0 Å². The van der Waals surface area contributed by atoms with E-state index in [2.05, 4.69) is 0 Å². The summed E-state index contributed by atoms with van der Waals surface area (Å²) in [5.41, 5.74) is 2.37. The number of furan rings is 2. The summed E-state index contributed by atoms with van der Waals surface area (Å²) in [6.07, 6.45) is 0. The topological polar surface area (TPSA) is 43.4 Å². The molecule has 97 valence electrons. The number of rotatable bonds is 2. The van der Waals surface area contributed by atoms with Crippen LogP contribution >= 0.6 is 7.80 Å². The highest BCUT2D eigenvalue weighted by molar-refractivity contribution is 7.60. The van der Waals surface area contributed by atoms with Crippen molar-refractivity contribution in [3.05, 3.63) is 60.7 Å². The molecule has 0 amide bonds. The summed E-state index contributed by atoms with van der Waals surface area (Å²) in [6, 6.07) is 18.8. The first-order chi connectivity index (χ1) is 9.81. The minimum Gasteiger partial charge on any atom is -0.449 e. The van der Waals surface area contributed by atoms with Crippen molar-refractivity contribution in [3.63, 3.8) is 0 Å². The molecule has 0 aliphatic rings. The molecule has 0 spiro atoms. The van der Waals surface area contributed by atoms with Crippen molar-refractivity contribution in [2.75, 3.05) is 0 Å². The fourth-order valence-corrected chi connectivity index (χ4v) is 3.34. The van der Waals surface area contributed by atoms with E-state index in [1.54, 1.807) is 12.1 Å². The highest BCUT2D eigenvalue weighted by Crippen LogP contribution is 2.27. The van der Waals surface area contributed by atoms with Gasteiger partial charge in [0.05, 0.1) is 0 Å². The van der Waals surface area contributed by atoms with Crippen LogP contribution in [0.5, 0.6) is 0 Å². The molecule has 3 nitrogen and oxygen atoms in total. The Morgan fingerprint density at radius 1 is 0.700 bits per heavy atom. The first-order valence-corrected chi connectivity index (χ1v) is 7.52. The third-order valence-corrected chi connectivity index (χ3v) is 4.47. The summed E-state index contributed by atoms with van der Waals surface area (Å²) in [7, 11) is -1.85. The molecule has 0 fully saturated rings. The van der Waals surface area contributed by atoms with Crippen molar-refractivity contribution in [1.29, 1.82) is 0 Å². The molecule has 2 aromatic heterocycles. The maximum Gasteiger partial charge on any atom is 0.209 e. The van der Waals surface area contributed by atoms with Crippen LogP contribution in [-0.4, -0.2) is 0 Å². The normalized spacial score (nSPS) is 11.2. The SMILES string of the molecule is O=[P](c1cc2ccccc2o1)c1cc2ccccc2o1. The summed E-state index contributed by atoms with van der Waals surface area (Å²) in [5.74, 6) is 0. The Kier molecular flexibility index (Phi) is 2.48. The van der Waals surface area contributed by atoms with Crippen LogP contribution in [0.3, 0.4) is 0 Å². The predicted octanol–water partition coefficient (Wildman–Crippen LogP) is 3.96. The minimum absolute atomic E-state index is 0.445. The lowest BCUT2D eigenvalue weighted by Crippen LogP contribution is -2.01. The van der Waals surface area contributed by atoms with Crippen molar-refractivity contribution < 1.29 is 13.4 Å². The molecular formula is C16H10O3P. The molecule has 0 unspecified atom stereocenters. The van der Waals surface area contributed by atoms with Crippen LogP contribution in [0, 0.1) is 0 Å². The van der Waals surface area contributed by atoms with Gasteiger partial charge in [0.25, 0.3) is 0 Å². The number of benzene rings is 2. The summed E-state index contributed by atoms with van der Waals surface area (Å²) >= 11 is 0. The summed E-state index contributed by atoms with van der Waals surface area (Å²) in [6.45, 7) is 0. The monoisotopic (exact) mass is 281 g/mol. The maximum atomic E-state index is 12.5. The zero-order valence-corrected chi connectivity index (χ0v) is 11.3. The average molecular weight is 281 g/mol. The Balaban J connectivity index is 1.82. The van der Waals surface area contributed by atoms with Crippen LogP contribution in [0.1, 0.15) is 0 Å². The molecule has 4 heteroatoms. The van der Waals surface area contributed by atoms with E-state index in [0.29, 0.717) is 11.0 Å². The number of para-hydroxylation sites is 2. The van der Waals surface area contributed by atoms with Gasteiger partial charge in [0.15, 0.2) is 11.0 Å². The molecule has 0 atom stereocenters. The van der Waals surface area contributed by atoms with Gasteiger partial charge in [-0.15, -0.1) is 0 Å². The van der Waals surface area contributed by atoms with Gasteiger partial charge in [-0.2, -0.15) is 0 Å². The molecule has 0 saturated carbocycles. The maximum absolute atomic E-state index is 12.5. The van der Waals surface area contributed by atoms with E-state index in [9.17, 15) is 4.57 Å². The molecule has 20 heavy (non-hydrogen) atoms. The lowest BCUT2D eigenvalue weighted by molar-refractivity contribution is 0.575. The first-order valence-electron chi connectivity index (χ1n) is 6.26. The molecule has 0 bridgehead atoms.